The van der Waals surface area contributed by atoms with E-state index in [0.29, 0.717) is 0 Å². The zero-order valence-corrected chi connectivity index (χ0v) is 6.17. The second-order valence-corrected chi connectivity index (χ2v) is 3.77. The number of hydrogen-bond acceptors (Lipinski definition) is 1. The molecule has 2 bridgehead atoms. The van der Waals surface area contributed by atoms with Gasteiger partial charge in [-0.05, 0) is 36.1 Å². The quantitative estimate of drug-likeness (QED) is 0.558. The van der Waals surface area contributed by atoms with Crippen LogP contribution in [-0.2, 0) is 0 Å². The van der Waals surface area contributed by atoms with Gasteiger partial charge in [0, 0.05) is 0 Å². The normalized spacial score (nSPS) is 62.3. The molecule has 0 saturated heterocycles. The highest BCUT2D eigenvalue weighted by molar-refractivity contribution is 5.11. The summed E-state index contributed by atoms with van der Waals surface area (Å²) in [6, 6.07) is 0. The molecule has 0 unspecified atom stereocenters. The maximum absolute atomic E-state index is 5.58. The Morgan fingerprint density at radius 3 is 1.67 bits per heavy atom. The lowest BCUT2D eigenvalue weighted by atomic mass is 9.36. The van der Waals surface area contributed by atoms with Crippen LogP contribution in [0.2, 0.25) is 0 Å². The summed E-state index contributed by atoms with van der Waals surface area (Å²) in [6.07, 6.45) is 0. The van der Waals surface area contributed by atoms with E-state index in [2.05, 4.69) is 13.8 Å². The predicted molar refractivity (Wildman–Crippen MR) is 37.9 cm³/mol. The molecular weight excluding hydrogens is 110 g/mol. The molecule has 52 valence electrons. The van der Waals surface area contributed by atoms with Crippen LogP contribution in [-0.4, -0.2) is 6.54 Å². The molecule has 1 nitrogen and oxygen atoms in total. The summed E-state index contributed by atoms with van der Waals surface area (Å²) in [7, 11) is 0. The molecule has 3 aliphatic rings. The number of rotatable bonds is 1. The van der Waals surface area contributed by atoms with E-state index < -0.39 is 0 Å². The first kappa shape index (κ1) is 5.72. The molecule has 1 heteroatoms. The standard InChI is InChI=1S/C8H15N/c1-4-7-5(2)8(4)6(7)3-9/h4-8H,3,9H2,1-2H3/t4-,5-,6?,7?,8?. The molecule has 3 saturated carbocycles. The fourth-order valence-corrected chi connectivity index (χ4v) is 3.16. The van der Waals surface area contributed by atoms with Gasteiger partial charge in [-0.25, -0.2) is 0 Å². The molecule has 3 aliphatic carbocycles. The molecule has 9 heavy (non-hydrogen) atoms. The van der Waals surface area contributed by atoms with Crippen molar-refractivity contribution < 1.29 is 0 Å². The topological polar surface area (TPSA) is 26.0 Å². The Labute approximate surface area is 56.6 Å². The highest BCUT2D eigenvalue weighted by Gasteiger charge is 2.63. The second kappa shape index (κ2) is 1.51. The predicted octanol–water partition coefficient (Wildman–Crippen LogP) is 1.09. The maximum Gasteiger partial charge on any atom is -0.00432 e. The lowest BCUT2D eigenvalue weighted by molar-refractivity contribution is -0.210. The van der Waals surface area contributed by atoms with Crippen LogP contribution in [0.4, 0.5) is 0 Å². The van der Waals surface area contributed by atoms with E-state index in [4.69, 9.17) is 5.73 Å². The molecule has 0 atom stereocenters. The van der Waals surface area contributed by atoms with Gasteiger partial charge in [0.1, 0.15) is 0 Å². The molecule has 3 fully saturated rings. The molecule has 0 spiro atoms. The van der Waals surface area contributed by atoms with Crippen molar-refractivity contribution in [3.05, 3.63) is 0 Å². The Hall–Kier alpha value is -0.0400. The summed E-state index contributed by atoms with van der Waals surface area (Å²) in [5.74, 6) is 4.93. The van der Waals surface area contributed by atoms with Crippen LogP contribution in [0.5, 0.6) is 0 Å². The van der Waals surface area contributed by atoms with Gasteiger partial charge in [-0.2, -0.15) is 0 Å². The van der Waals surface area contributed by atoms with Crippen LogP contribution >= 0.6 is 0 Å². The van der Waals surface area contributed by atoms with E-state index >= 15 is 0 Å². The van der Waals surface area contributed by atoms with Crippen molar-refractivity contribution in [2.45, 2.75) is 13.8 Å². The molecule has 0 aliphatic heterocycles. The fourth-order valence-electron chi connectivity index (χ4n) is 3.16. The molecule has 0 aromatic heterocycles. The van der Waals surface area contributed by atoms with Gasteiger partial charge in [0.2, 0.25) is 0 Å². The third kappa shape index (κ3) is 0.420. The fraction of sp³-hybridized carbons (Fsp3) is 1.00. The van der Waals surface area contributed by atoms with Gasteiger partial charge in [0.25, 0.3) is 0 Å². The van der Waals surface area contributed by atoms with Crippen LogP contribution in [0.25, 0.3) is 0 Å². The van der Waals surface area contributed by atoms with E-state index in [-0.39, 0.29) is 0 Å². The Bertz CT molecular complexity index is 111. The minimum Gasteiger partial charge on any atom is -0.330 e. The average molecular weight is 125 g/mol. The minimum absolute atomic E-state index is 0.912. The van der Waals surface area contributed by atoms with Crippen molar-refractivity contribution >= 4 is 0 Å². The lowest BCUT2D eigenvalue weighted by Gasteiger charge is -2.69. The van der Waals surface area contributed by atoms with Gasteiger partial charge in [-0.15, -0.1) is 0 Å². The van der Waals surface area contributed by atoms with Crippen molar-refractivity contribution in [2.24, 2.45) is 35.3 Å². The zero-order chi connectivity index (χ0) is 6.59. The van der Waals surface area contributed by atoms with Gasteiger partial charge < -0.3 is 5.73 Å². The van der Waals surface area contributed by atoms with E-state index in [0.717, 1.165) is 36.1 Å². The Morgan fingerprint density at radius 1 is 1.11 bits per heavy atom. The Balaban J connectivity index is 1.99. The van der Waals surface area contributed by atoms with Gasteiger partial charge in [-0.3, -0.25) is 0 Å². The van der Waals surface area contributed by atoms with E-state index in [1.807, 2.05) is 0 Å². The smallest absolute Gasteiger partial charge is 0.00432 e. The molecule has 2 N–H and O–H groups in total. The third-order valence-electron chi connectivity index (χ3n) is 3.69. The van der Waals surface area contributed by atoms with Crippen molar-refractivity contribution in [2.75, 3.05) is 6.54 Å². The summed E-state index contributed by atoms with van der Waals surface area (Å²) >= 11 is 0. The van der Waals surface area contributed by atoms with E-state index in [1.165, 1.54) is 0 Å². The van der Waals surface area contributed by atoms with Crippen LogP contribution in [0.3, 0.4) is 0 Å². The van der Waals surface area contributed by atoms with Crippen molar-refractivity contribution in [3.8, 4) is 0 Å². The van der Waals surface area contributed by atoms with Gasteiger partial charge in [0.15, 0.2) is 0 Å². The lowest BCUT2D eigenvalue weighted by Crippen LogP contribution is -2.67. The summed E-state index contributed by atoms with van der Waals surface area (Å²) in [4.78, 5) is 0. The molecule has 0 amide bonds. The van der Waals surface area contributed by atoms with Crippen molar-refractivity contribution in [3.63, 3.8) is 0 Å². The van der Waals surface area contributed by atoms with E-state index in [9.17, 15) is 0 Å². The van der Waals surface area contributed by atoms with Crippen LogP contribution < -0.4 is 5.73 Å². The molecule has 0 aromatic carbocycles. The van der Waals surface area contributed by atoms with Gasteiger partial charge >= 0.3 is 0 Å². The minimum atomic E-state index is 0.912. The summed E-state index contributed by atoms with van der Waals surface area (Å²) < 4.78 is 0. The Morgan fingerprint density at radius 2 is 1.56 bits per heavy atom. The molecule has 0 aromatic rings. The van der Waals surface area contributed by atoms with Crippen LogP contribution in [0.15, 0.2) is 0 Å². The highest BCUT2D eigenvalue weighted by Crippen LogP contribution is 2.66. The maximum atomic E-state index is 5.58. The highest BCUT2D eigenvalue weighted by atomic mass is 14.7. The van der Waals surface area contributed by atoms with E-state index in [1.54, 1.807) is 0 Å². The largest absolute Gasteiger partial charge is 0.330 e. The Kier molecular flexibility index (Phi) is 0.963. The molecule has 3 rings (SSSR count). The number of nitrogens with two attached hydrogens (primary N) is 1. The second-order valence-electron chi connectivity index (χ2n) is 3.77. The molecular formula is C8H15N. The zero-order valence-electron chi connectivity index (χ0n) is 6.17. The van der Waals surface area contributed by atoms with Crippen LogP contribution in [0.1, 0.15) is 13.8 Å². The first-order valence-corrected chi connectivity index (χ1v) is 3.97. The molecule has 0 heterocycles. The van der Waals surface area contributed by atoms with Crippen LogP contribution in [0, 0.1) is 29.6 Å². The average Bonchev–Trinajstić information content (AvgIpc) is 1.79. The van der Waals surface area contributed by atoms with Gasteiger partial charge in [0.05, 0.1) is 0 Å². The monoisotopic (exact) mass is 125 g/mol. The van der Waals surface area contributed by atoms with Gasteiger partial charge in [-0.1, -0.05) is 13.8 Å². The first-order chi connectivity index (χ1) is 4.27. The molecule has 0 radical (unpaired) electrons. The van der Waals surface area contributed by atoms with Crippen molar-refractivity contribution in [1.82, 2.24) is 0 Å². The van der Waals surface area contributed by atoms with Crippen molar-refractivity contribution in [1.29, 1.82) is 0 Å². The summed E-state index contributed by atoms with van der Waals surface area (Å²) in [6.45, 7) is 5.66. The summed E-state index contributed by atoms with van der Waals surface area (Å²) in [5, 5.41) is 0. The number of hydrogen-bond donors (Lipinski definition) is 1. The first-order valence-electron chi connectivity index (χ1n) is 3.97. The summed E-state index contributed by atoms with van der Waals surface area (Å²) in [5.41, 5.74) is 5.58. The SMILES string of the molecule is C[C@H]1C2C(CN)C1[C@H]2C. The third-order valence-corrected chi connectivity index (χ3v) is 3.69.